The second-order valence-electron chi connectivity index (χ2n) is 4.78. The number of hydrogen-bond acceptors (Lipinski definition) is 3. The molecule has 1 aliphatic rings. The van der Waals surface area contributed by atoms with Crippen LogP contribution in [0.1, 0.15) is 37.9 Å². The zero-order valence-electron chi connectivity index (χ0n) is 9.76. The lowest BCUT2D eigenvalue weighted by molar-refractivity contribution is 0.169. The maximum atomic E-state index is 9.93. The summed E-state index contributed by atoms with van der Waals surface area (Å²) in [7, 11) is 0. The van der Waals surface area contributed by atoms with Gasteiger partial charge < -0.3 is 10.4 Å². The van der Waals surface area contributed by atoms with E-state index >= 15 is 0 Å². The molecule has 1 aliphatic carbocycles. The van der Waals surface area contributed by atoms with E-state index in [-0.39, 0.29) is 0 Å². The average Bonchev–Trinajstić information content (AvgIpc) is 3.11. The number of rotatable bonds is 6. The Morgan fingerprint density at radius 2 is 2.12 bits per heavy atom. The van der Waals surface area contributed by atoms with Gasteiger partial charge in [0.25, 0.3) is 0 Å². The molecule has 0 bridgehead atoms. The first-order chi connectivity index (χ1) is 7.75. The molecule has 0 amide bonds. The van der Waals surface area contributed by atoms with Crippen molar-refractivity contribution in [2.24, 2.45) is 5.92 Å². The molecular formula is C13H20N2O. The third-order valence-corrected chi connectivity index (χ3v) is 3.13. The Morgan fingerprint density at radius 1 is 1.44 bits per heavy atom. The summed E-state index contributed by atoms with van der Waals surface area (Å²) in [6.45, 7) is 2.81. The topological polar surface area (TPSA) is 45.1 Å². The van der Waals surface area contributed by atoms with Crippen LogP contribution in [-0.2, 0) is 0 Å². The molecule has 88 valence electrons. The van der Waals surface area contributed by atoms with Crippen molar-refractivity contribution in [2.75, 3.05) is 6.54 Å². The van der Waals surface area contributed by atoms with Gasteiger partial charge in [0.1, 0.15) is 0 Å². The number of aromatic nitrogens is 1. The van der Waals surface area contributed by atoms with Crippen LogP contribution >= 0.6 is 0 Å². The van der Waals surface area contributed by atoms with Crippen LogP contribution in [0.15, 0.2) is 24.5 Å². The quantitative estimate of drug-likeness (QED) is 0.769. The van der Waals surface area contributed by atoms with Crippen molar-refractivity contribution < 1.29 is 5.11 Å². The molecule has 1 aromatic heterocycles. The molecule has 16 heavy (non-hydrogen) atoms. The van der Waals surface area contributed by atoms with Crippen LogP contribution in [0.2, 0.25) is 0 Å². The van der Waals surface area contributed by atoms with Crippen LogP contribution < -0.4 is 5.32 Å². The van der Waals surface area contributed by atoms with Crippen LogP contribution in [0, 0.1) is 5.92 Å². The minimum Gasteiger partial charge on any atom is -0.387 e. The highest BCUT2D eigenvalue weighted by atomic mass is 16.3. The van der Waals surface area contributed by atoms with Gasteiger partial charge in [-0.2, -0.15) is 0 Å². The summed E-state index contributed by atoms with van der Waals surface area (Å²) in [5, 5.41) is 13.3. The van der Waals surface area contributed by atoms with Crippen molar-refractivity contribution in [1.82, 2.24) is 10.3 Å². The summed E-state index contributed by atoms with van der Waals surface area (Å²) in [4.78, 5) is 3.94. The molecule has 0 spiro atoms. The van der Waals surface area contributed by atoms with Gasteiger partial charge in [-0.05, 0) is 37.0 Å². The maximum Gasteiger partial charge on any atom is 0.0915 e. The van der Waals surface area contributed by atoms with Gasteiger partial charge in [0.15, 0.2) is 0 Å². The predicted octanol–water partition coefficient (Wildman–Crippen LogP) is 1.89. The molecule has 0 radical (unpaired) electrons. The second-order valence-corrected chi connectivity index (χ2v) is 4.78. The van der Waals surface area contributed by atoms with Crippen LogP contribution in [0.4, 0.5) is 0 Å². The Balaban J connectivity index is 1.72. The predicted molar refractivity (Wildman–Crippen MR) is 64.0 cm³/mol. The van der Waals surface area contributed by atoms with Gasteiger partial charge in [-0.1, -0.05) is 12.8 Å². The summed E-state index contributed by atoms with van der Waals surface area (Å²) in [5.41, 5.74) is 0.932. The number of aliphatic hydroxyl groups excluding tert-OH is 1. The van der Waals surface area contributed by atoms with Crippen molar-refractivity contribution in [3.63, 3.8) is 0 Å². The lowest BCUT2D eigenvalue weighted by Gasteiger charge is -2.17. The smallest absolute Gasteiger partial charge is 0.0915 e. The molecule has 1 fully saturated rings. The summed E-state index contributed by atoms with van der Waals surface area (Å²) in [5.74, 6) is 0.931. The lowest BCUT2D eigenvalue weighted by atomic mass is 10.1. The van der Waals surface area contributed by atoms with Gasteiger partial charge in [-0.25, -0.2) is 0 Å². The minimum absolute atomic E-state index is 0.426. The Hall–Kier alpha value is -0.930. The SMILES string of the molecule is CC(CC1CC1)NCC(O)c1ccncc1. The van der Waals surface area contributed by atoms with Gasteiger partial charge in [0, 0.05) is 25.0 Å². The molecular weight excluding hydrogens is 200 g/mol. The number of aliphatic hydroxyl groups is 1. The first kappa shape index (κ1) is 11.6. The highest BCUT2D eigenvalue weighted by molar-refractivity contribution is 5.13. The molecule has 0 saturated heterocycles. The van der Waals surface area contributed by atoms with E-state index in [9.17, 15) is 5.11 Å². The molecule has 1 aromatic rings. The zero-order chi connectivity index (χ0) is 11.4. The van der Waals surface area contributed by atoms with E-state index in [1.807, 2.05) is 12.1 Å². The van der Waals surface area contributed by atoms with Crippen molar-refractivity contribution in [3.8, 4) is 0 Å². The molecule has 2 N–H and O–H groups in total. The summed E-state index contributed by atoms with van der Waals surface area (Å²) in [6, 6.07) is 4.22. The Labute approximate surface area is 96.9 Å². The van der Waals surface area contributed by atoms with E-state index in [4.69, 9.17) is 0 Å². The molecule has 1 heterocycles. The number of nitrogens with one attached hydrogen (secondary N) is 1. The van der Waals surface area contributed by atoms with Crippen molar-refractivity contribution in [2.45, 2.75) is 38.3 Å². The molecule has 3 heteroatoms. The maximum absolute atomic E-state index is 9.93. The summed E-state index contributed by atoms with van der Waals surface area (Å²) in [6.07, 6.45) is 7.02. The second kappa shape index (κ2) is 5.41. The minimum atomic E-state index is -0.426. The number of pyridine rings is 1. The fourth-order valence-corrected chi connectivity index (χ4v) is 1.95. The summed E-state index contributed by atoms with van der Waals surface area (Å²) < 4.78 is 0. The Bertz CT molecular complexity index is 311. The average molecular weight is 220 g/mol. The standard InChI is InChI=1S/C13H20N2O/c1-10(8-11-2-3-11)15-9-13(16)12-4-6-14-7-5-12/h4-7,10-11,13,15-16H,2-3,8-9H2,1H3. The van der Waals surface area contributed by atoms with E-state index in [0.717, 1.165) is 11.5 Å². The van der Waals surface area contributed by atoms with E-state index in [2.05, 4.69) is 17.2 Å². The van der Waals surface area contributed by atoms with Crippen molar-refractivity contribution in [1.29, 1.82) is 0 Å². The van der Waals surface area contributed by atoms with E-state index in [1.165, 1.54) is 19.3 Å². The molecule has 3 nitrogen and oxygen atoms in total. The Kier molecular flexibility index (Phi) is 3.91. The van der Waals surface area contributed by atoms with Gasteiger partial charge in [-0.3, -0.25) is 4.98 Å². The fourth-order valence-electron chi connectivity index (χ4n) is 1.95. The van der Waals surface area contributed by atoms with Crippen LogP contribution in [0.5, 0.6) is 0 Å². The zero-order valence-corrected chi connectivity index (χ0v) is 9.76. The third-order valence-electron chi connectivity index (χ3n) is 3.13. The number of hydrogen-bond donors (Lipinski definition) is 2. The first-order valence-electron chi connectivity index (χ1n) is 6.07. The van der Waals surface area contributed by atoms with Crippen molar-refractivity contribution >= 4 is 0 Å². The Morgan fingerprint density at radius 3 is 2.75 bits per heavy atom. The lowest BCUT2D eigenvalue weighted by Crippen LogP contribution is -2.30. The highest BCUT2D eigenvalue weighted by Crippen LogP contribution is 2.33. The monoisotopic (exact) mass is 220 g/mol. The van der Waals surface area contributed by atoms with E-state index in [0.29, 0.717) is 12.6 Å². The van der Waals surface area contributed by atoms with Gasteiger partial charge in [-0.15, -0.1) is 0 Å². The van der Waals surface area contributed by atoms with E-state index in [1.54, 1.807) is 12.4 Å². The third kappa shape index (κ3) is 3.58. The molecule has 0 aliphatic heterocycles. The van der Waals surface area contributed by atoms with Gasteiger partial charge in [0.05, 0.1) is 6.10 Å². The molecule has 1 saturated carbocycles. The number of nitrogens with zero attached hydrogens (tertiary/aromatic N) is 1. The molecule has 2 unspecified atom stereocenters. The normalized spacial score (nSPS) is 19.4. The fraction of sp³-hybridized carbons (Fsp3) is 0.615. The van der Waals surface area contributed by atoms with Crippen LogP contribution in [0.25, 0.3) is 0 Å². The van der Waals surface area contributed by atoms with Crippen molar-refractivity contribution in [3.05, 3.63) is 30.1 Å². The van der Waals surface area contributed by atoms with Gasteiger partial charge in [0.2, 0.25) is 0 Å². The summed E-state index contributed by atoms with van der Waals surface area (Å²) >= 11 is 0. The largest absolute Gasteiger partial charge is 0.387 e. The first-order valence-corrected chi connectivity index (χ1v) is 6.07. The van der Waals surface area contributed by atoms with Gasteiger partial charge >= 0.3 is 0 Å². The van der Waals surface area contributed by atoms with Crippen LogP contribution in [0.3, 0.4) is 0 Å². The molecule has 2 rings (SSSR count). The molecule has 2 atom stereocenters. The van der Waals surface area contributed by atoms with Crippen LogP contribution in [-0.4, -0.2) is 22.7 Å². The molecule has 0 aromatic carbocycles. The van der Waals surface area contributed by atoms with E-state index < -0.39 is 6.10 Å². The highest BCUT2D eigenvalue weighted by Gasteiger charge is 2.23.